The number of nitrogens with two attached hydrogens (primary N) is 1. The molecule has 0 aliphatic carbocycles. The van der Waals surface area contributed by atoms with Crippen molar-refractivity contribution in [1.82, 2.24) is 20.4 Å². The summed E-state index contributed by atoms with van der Waals surface area (Å²) in [6.07, 6.45) is -9.80. The number of rotatable bonds is 8. The molecule has 1 heterocycles. The van der Waals surface area contributed by atoms with Crippen molar-refractivity contribution in [3.8, 4) is 11.4 Å². The second kappa shape index (κ2) is 10.9. The van der Waals surface area contributed by atoms with Crippen LogP contribution in [0.4, 0.5) is 26.3 Å². The molecule has 0 aliphatic heterocycles. The average molecular weight is 529 g/mol. The first-order valence-corrected chi connectivity index (χ1v) is 10.6. The molecule has 0 spiro atoms. The third-order valence-electron chi connectivity index (χ3n) is 5.12. The van der Waals surface area contributed by atoms with Crippen LogP contribution in [0.1, 0.15) is 27.3 Å². The van der Waals surface area contributed by atoms with Crippen molar-refractivity contribution in [2.75, 3.05) is 7.11 Å². The lowest BCUT2D eigenvalue weighted by Gasteiger charge is -2.15. The Morgan fingerprint density at radius 1 is 1.00 bits per heavy atom. The van der Waals surface area contributed by atoms with Gasteiger partial charge >= 0.3 is 12.4 Å². The van der Waals surface area contributed by atoms with Crippen LogP contribution in [0.15, 0.2) is 54.6 Å². The molecule has 198 valence electrons. The molecule has 2 amide bonds. The van der Waals surface area contributed by atoms with Gasteiger partial charge in [0.15, 0.2) is 11.7 Å². The molecular weight excluding hydrogens is 508 g/mol. The standard InChI is InChI=1S/C23H21F6N5O3/c1-37-17-8-3-2-6-14(17)12-32-20(35)16-10-18(22(24,25)26)33-34(16)15-7-4-5-13(9-15)11-31-21(36)19(30)23(27,28)29/h2-10,19H,11-12,30H2,1H3,(H,31,36)(H,32,35). The van der Waals surface area contributed by atoms with E-state index < -0.39 is 48.1 Å². The fraction of sp³-hybridized carbons (Fsp3) is 0.261. The van der Waals surface area contributed by atoms with Crippen molar-refractivity contribution in [3.63, 3.8) is 0 Å². The van der Waals surface area contributed by atoms with Crippen LogP contribution < -0.4 is 21.1 Å². The molecule has 0 fully saturated rings. The van der Waals surface area contributed by atoms with Gasteiger partial charge < -0.3 is 21.1 Å². The van der Waals surface area contributed by atoms with Crippen LogP contribution in [-0.2, 0) is 24.1 Å². The molecule has 1 atom stereocenters. The minimum atomic E-state index is -4.94. The van der Waals surface area contributed by atoms with E-state index in [1.807, 2.05) is 5.32 Å². The third-order valence-corrected chi connectivity index (χ3v) is 5.12. The molecule has 2 aromatic carbocycles. The van der Waals surface area contributed by atoms with Crippen molar-refractivity contribution in [2.24, 2.45) is 5.73 Å². The van der Waals surface area contributed by atoms with Crippen LogP contribution in [0, 0.1) is 0 Å². The van der Waals surface area contributed by atoms with Gasteiger partial charge in [-0.2, -0.15) is 31.4 Å². The van der Waals surface area contributed by atoms with Crippen LogP contribution in [0.25, 0.3) is 5.69 Å². The molecule has 0 saturated heterocycles. The van der Waals surface area contributed by atoms with Gasteiger partial charge in [-0.3, -0.25) is 9.59 Å². The largest absolute Gasteiger partial charge is 0.496 e. The smallest absolute Gasteiger partial charge is 0.435 e. The lowest BCUT2D eigenvalue weighted by atomic mass is 10.2. The highest BCUT2D eigenvalue weighted by Crippen LogP contribution is 2.30. The number of hydrogen-bond acceptors (Lipinski definition) is 5. The number of carbonyl (C=O) groups excluding carboxylic acids is 2. The number of hydrogen-bond donors (Lipinski definition) is 3. The van der Waals surface area contributed by atoms with E-state index in [-0.39, 0.29) is 17.8 Å². The predicted octanol–water partition coefficient (Wildman–Crippen LogP) is 3.34. The Bertz CT molecular complexity index is 1270. The highest BCUT2D eigenvalue weighted by Gasteiger charge is 2.42. The van der Waals surface area contributed by atoms with Gasteiger partial charge in [0.1, 0.15) is 11.4 Å². The Morgan fingerprint density at radius 2 is 1.70 bits per heavy atom. The Labute approximate surface area is 206 Å². The number of benzene rings is 2. The van der Waals surface area contributed by atoms with Crippen molar-refractivity contribution < 1.29 is 40.7 Å². The first kappa shape index (κ1) is 27.5. The fourth-order valence-electron chi connectivity index (χ4n) is 3.24. The van der Waals surface area contributed by atoms with Gasteiger partial charge in [-0.25, -0.2) is 4.68 Å². The fourth-order valence-corrected chi connectivity index (χ4v) is 3.24. The quantitative estimate of drug-likeness (QED) is 0.388. The molecular formula is C23H21F6N5O3. The number of halogens is 6. The Kier molecular flexibility index (Phi) is 8.11. The zero-order valence-corrected chi connectivity index (χ0v) is 19.2. The topological polar surface area (TPSA) is 111 Å². The minimum Gasteiger partial charge on any atom is -0.496 e. The van der Waals surface area contributed by atoms with Crippen molar-refractivity contribution >= 4 is 11.8 Å². The summed E-state index contributed by atoms with van der Waals surface area (Å²) in [4.78, 5) is 24.5. The average Bonchev–Trinajstić information content (AvgIpc) is 3.31. The Hall–Kier alpha value is -4.07. The van der Waals surface area contributed by atoms with E-state index in [0.717, 1.165) is 4.68 Å². The summed E-state index contributed by atoms with van der Waals surface area (Å²) in [5.41, 5.74) is 3.89. The molecule has 37 heavy (non-hydrogen) atoms. The summed E-state index contributed by atoms with van der Waals surface area (Å²) in [5, 5.41) is 8.05. The lowest BCUT2D eigenvalue weighted by molar-refractivity contribution is -0.162. The number of amides is 2. The number of nitrogens with zero attached hydrogens (tertiary/aromatic N) is 2. The normalized spacial score (nSPS) is 12.6. The van der Waals surface area contributed by atoms with Gasteiger partial charge in [0.25, 0.3) is 5.91 Å². The Morgan fingerprint density at radius 3 is 2.35 bits per heavy atom. The van der Waals surface area contributed by atoms with E-state index in [0.29, 0.717) is 17.4 Å². The SMILES string of the molecule is COc1ccccc1CNC(=O)c1cc(C(F)(F)F)nn1-c1cccc(CNC(=O)C(N)C(F)(F)F)c1. The van der Waals surface area contributed by atoms with Crippen LogP contribution >= 0.6 is 0 Å². The molecule has 0 saturated carbocycles. The minimum absolute atomic E-state index is 0.00445. The van der Waals surface area contributed by atoms with Crippen LogP contribution in [0.5, 0.6) is 5.75 Å². The summed E-state index contributed by atoms with van der Waals surface area (Å²) >= 11 is 0. The molecule has 8 nitrogen and oxygen atoms in total. The number of carbonyl (C=O) groups is 2. The maximum atomic E-state index is 13.4. The predicted molar refractivity (Wildman–Crippen MR) is 119 cm³/mol. The van der Waals surface area contributed by atoms with Crippen molar-refractivity contribution in [3.05, 3.63) is 77.1 Å². The molecule has 1 aromatic heterocycles. The van der Waals surface area contributed by atoms with Gasteiger partial charge in [0.05, 0.1) is 12.8 Å². The van der Waals surface area contributed by atoms with E-state index >= 15 is 0 Å². The lowest BCUT2D eigenvalue weighted by Crippen LogP contribution is -2.49. The molecule has 0 radical (unpaired) electrons. The van der Waals surface area contributed by atoms with Gasteiger partial charge in [0.2, 0.25) is 5.91 Å². The van der Waals surface area contributed by atoms with Crippen molar-refractivity contribution in [2.45, 2.75) is 31.5 Å². The number of aromatic nitrogens is 2. The van der Waals surface area contributed by atoms with E-state index in [9.17, 15) is 35.9 Å². The summed E-state index contributed by atoms with van der Waals surface area (Å²) in [7, 11) is 1.43. The summed E-state index contributed by atoms with van der Waals surface area (Å²) in [6.45, 7) is -0.458. The second-order valence-electron chi connectivity index (χ2n) is 7.73. The van der Waals surface area contributed by atoms with Crippen LogP contribution in [-0.4, -0.2) is 40.9 Å². The van der Waals surface area contributed by atoms with Gasteiger partial charge in [-0.15, -0.1) is 0 Å². The van der Waals surface area contributed by atoms with E-state index in [4.69, 9.17) is 10.5 Å². The summed E-state index contributed by atoms with van der Waals surface area (Å²) in [5.74, 6) is -1.89. The number of para-hydroxylation sites is 1. The monoisotopic (exact) mass is 529 g/mol. The Balaban J connectivity index is 1.86. The van der Waals surface area contributed by atoms with E-state index in [1.54, 1.807) is 24.3 Å². The molecule has 4 N–H and O–H groups in total. The number of alkyl halides is 6. The van der Waals surface area contributed by atoms with E-state index in [2.05, 4.69) is 10.4 Å². The van der Waals surface area contributed by atoms with Gasteiger partial charge in [-0.1, -0.05) is 30.3 Å². The van der Waals surface area contributed by atoms with Gasteiger partial charge in [-0.05, 0) is 23.8 Å². The molecule has 3 rings (SSSR count). The zero-order chi connectivity index (χ0) is 27.4. The second-order valence-corrected chi connectivity index (χ2v) is 7.73. The molecule has 3 aromatic rings. The zero-order valence-electron chi connectivity index (χ0n) is 19.2. The molecule has 0 bridgehead atoms. The molecule has 1 unspecified atom stereocenters. The first-order valence-electron chi connectivity index (χ1n) is 10.6. The van der Waals surface area contributed by atoms with Crippen molar-refractivity contribution in [1.29, 1.82) is 0 Å². The number of methoxy groups -OCH3 is 1. The summed E-state index contributed by atoms with van der Waals surface area (Å²) < 4.78 is 84.0. The summed E-state index contributed by atoms with van der Waals surface area (Å²) in [6, 6.07) is 9.97. The highest BCUT2D eigenvalue weighted by atomic mass is 19.4. The number of ether oxygens (including phenoxy) is 1. The van der Waals surface area contributed by atoms with Crippen LogP contribution in [0.2, 0.25) is 0 Å². The van der Waals surface area contributed by atoms with Gasteiger partial charge in [0, 0.05) is 24.7 Å². The third kappa shape index (κ3) is 6.78. The molecule has 14 heteroatoms. The molecule has 0 aliphatic rings. The maximum Gasteiger partial charge on any atom is 0.435 e. The maximum absolute atomic E-state index is 13.4. The van der Waals surface area contributed by atoms with Crippen LogP contribution in [0.3, 0.4) is 0 Å². The highest BCUT2D eigenvalue weighted by molar-refractivity contribution is 5.93. The first-order chi connectivity index (χ1) is 17.3. The van der Waals surface area contributed by atoms with E-state index in [1.165, 1.54) is 31.4 Å². The number of nitrogens with one attached hydrogen (secondary N) is 2.